The van der Waals surface area contributed by atoms with Crippen molar-refractivity contribution in [2.75, 3.05) is 7.11 Å². The summed E-state index contributed by atoms with van der Waals surface area (Å²) in [5.41, 5.74) is 1.65. The van der Waals surface area contributed by atoms with E-state index in [2.05, 4.69) is 27.0 Å². The highest BCUT2D eigenvalue weighted by Crippen LogP contribution is 2.35. The van der Waals surface area contributed by atoms with Crippen LogP contribution in [0.2, 0.25) is 0 Å². The number of rotatable bonds is 3. The molecule has 0 bridgehead atoms. The van der Waals surface area contributed by atoms with E-state index < -0.39 is 5.92 Å². The molecule has 3 aromatic rings. The molecular formula is C18H13BrN2O. The van der Waals surface area contributed by atoms with E-state index in [1.807, 2.05) is 48.5 Å². The van der Waals surface area contributed by atoms with Gasteiger partial charge in [0.1, 0.15) is 11.7 Å². The fraction of sp³-hybridized carbons (Fsp3) is 0.111. The second-order valence-electron chi connectivity index (χ2n) is 4.84. The molecule has 0 radical (unpaired) electrons. The van der Waals surface area contributed by atoms with E-state index >= 15 is 0 Å². The van der Waals surface area contributed by atoms with E-state index in [1.165, 1.54) is 0 Å². The number of fused-ring (bicyclic) bond motifs is 1. The van der Waals surface area contributed by atoms with Gasteiger partial charge in [-0.05, 0) is 11.6 Å². The van der Waals surface area contributed by atoms with Gasteiger partial charge in [0.15, 0.2) is 0 Å². The van der Waals surface area contributed by atoms with Gasteiger partial charge in [-0.25, -0.2) is 0 Å². The van der Waals surface area contributed by atoms with Crippen LogP contribution in [0.3, 0.4) is 0 Å². The van der Waals surface area contributed by atoms with Crippen molar-refractivity contribution in [1.82, 2.24) is 4.98 Å². The molecule has 1 heterocycles. The molecule has 2 aromatic carbocycles. The second kappa shape index (κ2) is 6.17. The number of nitrogens with zero attached hydrogens (tertiary/aromatic N) is 2. The lowest BCUT2D eigenvalue weighted by atomic mass is 9.93. The third-order valence-corrected chi connectivity index (χ3v) is 4.35. The molecule has 1 atom stereocenters. The summed E-state index contributed by atoms with van der Waals surface area (Å²) in [4.78, 5) is 4.50. The highest BCUT2D eigenvalue weighted by Gasteiger charge is 2.21. The molecule has 0 N–H and O–H groups in total. The molecule has 22 heavy (non-hydrogen) atoms. The van der Waals surface area contributed by atoms with Crippen molar-refractivity contribution < 1.29 is 4.74 Å². The standard InChI is InChI=1S/C18H13BrN2O/c1-22-17-11-21-18(14-8-3-2-7-13(14)17)15(10-20)12-6-4-5-9-16(12)19/h2-9,11,15H,1H3. The van der Waals surface area contributed by atoms with Crippen LogP contribution in [-0.2, 0) is 0 Å². The Kier molecular flexibility index (Phi) is 4.08. The van der Waals surface area contributed by atoms with Crippen molar-refractivity contribution in [3.63, 3.8) is 0 Å². The van der Waals surface area contributed by atoms with Crippen LogP contribution in [-0.4, -0.2) is 12.1 Å². The highest BCUT2D eigenvalue weighted by atomic mass is 79.9. The summed E-state index contributed by atoms with van der Waals surface area (Å²) in [5.74, 6) is 0.273. The molecule has 0 aliphatic rings. The molecule has 1 unspecified atom stereocenters. The number of aromatic nitrogens is 1. The topological polar surface area (TPSA) is 45.9 Å². The van der Waals surface area contributed by atoms with Crippen LogP contribution >= 0.6 is 15.9 Å². The van der Waals surface area contributed by atoms with Gasteiger partial charge < -0.3 is 4.74 Å². The largest absolute Gasteiger partial charge is 0.494 e. The van der Waals surface area contributed by atoms with Crippen LogP contribution in [0.5, 0.6) is 5.75 Å². The molecule has 0 fully saturated rings. The van der Waals surface area contributed by atoms with E-state index in [9.17, 15) is 5.26 Å². The van der Waals surface area contributed by atoms with E-state index in [0.717, 1.165) is 26.5 Å². The lowest BCUT2D eigenvalue weighted by Gasteiger charge is -2.15. The Labute approximate surface area is 137 Å². The predicted octanol–water partition coefficient (Wildman–Crippen LogP) is 4.66. The van der Waals surface area contributed by atoms with E-state index in [1.54, 1.807) is 13.3 Å². The Balaban J connectivity index is 2.26. The predicted molar refractivity (Wildman–Crippen MR) is 89.9 cm³/mol. The molecule has 0 spiro atoms. The average molecular weight is 353 g/mol. The maximum Gasteiger partial charge on any atom is 0.144 e. The first-order chi connectivity index (χ1) is 10.8. The molecule has 0 saturated heterocycles. The van der Waals surface area contributed by atoms with Gasteiger partial charge in [-0.3, -0.25) is 4.98 Å². The Hall–Kier alpha value is -2.38. The lowest BCUT2D eigenvalue weighted by Crippen LogP contribution is -2.03. The van der Waals surface area contributed by atoms with Crippen LogP contribution in [0.15, 0.2) is 59.2 Å². The summed E-state index contributed by atoms with van der Waals surface area (Å²) >= 11 is 3.52. The van der Waals surface area contributed by atoms with E-state index in [-0.39, 0.29) is 0 Å². The van der Waals surface area contributed by atoms with Gasteiger partial charge >= 0.3 is 0 Å². The minimum atomic E-state index is -0.439. The Morgan fingerprint density at radius 1 is 1.09 bits per heavy atom. The smallest absolute Gasteiger partial charge is 0.144 e. The summed E-state index contributed by atoms with van der Waals surface area (Å²) in [5, 5.41) is 11.6. The molecule has 108 valence electrons. The Morgan fingerprint density at radius 2 is 1.77 bits per heavy atom. The number of nitriles is 1. The number of benzene rings is 2. The first-order valence-corrected chi connectivity index (χ1v) is 7.61. The summed E-state index contributed by atoms with van der Waals surface area (Å²) < 4.78 is 6.28. The second-order valence-corrected chi connectivity index (χ2v) is 5.70. The zero-order valence-corrected chi connectivity index (χ0v) is 13.5. The normalized spacial score (nSPS) is 11.9. The number of hydrogen-bond donors (Lipinski definition) is 0. The zero-order valence-electron chi connectivity index (χ0n) is 12.0. The van der Waals surface area contributed by atoms with Gasteiger partial charge in [-0.1, -0.05) is 58.4 Å². The Bertz CT molecular complexity index is 870. The molecular weight excluding hydrogens is 340 g/mol. The molecule has 0 aliphatic heterocycles. The lowest BCUT2D eigenvalue weighted by molar-refractivity contribution is 0.418. The maximum atomic E-state index is 9.70. The zero-order chi connectivity index (χ0) is 15.5. The first-order valence-electron chi connectivity index (χ1n) is 6.82. The average Bonchev–Trinajstić information content (AvgIpc) is 2.57. The summed E-state index contributed by atoms with van der Waals surface area (Å²) in [6.45, 7) is 0. The fourth-order valence-electron chi connectivity index (χ4n) is 2.57. The maximum absolute atomic E-state index is 9.70. The number of pyridine rings is 1. The van der Waals surface area contributed by atoms with E-state index in [0.29, 0.717) is 5.75 Å². The third kappa shape index (κ3) is 2.44. The SMILES string of the molecule is COc1cnc(C(C#N)c2ccccc2Br)c2ccccc12. The molecule has 0 amide bonds. The minimum Gasteiger partial charge on any atom is -0.494 e. The number of halogens is 1. The van der Waals surface area contributed by atoms with Crippen LogP contribution in [0.4, 0.5) is 0 Å². The quantitative estimate of drug-likeness (QED) is 0.688. The van der Waals surface area contributed by atoms with Crippen molar-refractivity contribution in [1.29, 1.82) is 5.26 Å². The number of hydrogen-bond acceptors (Lipinski definition) is 3. The van der Waals surface area contributed by atoms with Gasteiger partial charge in [-0.15, -0.1) is 0 Å². The third-order valence-electron chi connectivity index (χ3n) is 3.63. The molecule has 0 saturated carbocycles. The fourth-order valence-corrected chi connectivity index (χ4v) is 3.08. The van der Waals surface area contributed by atoms with Gasteiger partial charge in [0.2, 0.25) is 0 Å². The summed E-state index contributed by atoms with van der Waals surface area (Å²) in [7, 11) is 1.62. The van der Waals surface area contributed by atoms with Gasteiger partial charge in [0.25, 0.3) is 0 Å². The Morgan fingerprint density at radius 3 is 2.45 bits per heavy atom. The first kappa shape index (κ1) is 14.6. The van der Waals surface area contributed by atoms with Gasteiger partial charge in [0.05, 0.1) is 25.1 Å². The summed E-state index contributed by atoms with van der Waals surface area (Å²) in [6.07, 6.45) is 1.68. The molecule has 4 heteroatoms. The highest BCUT2D eigenvalue weighted by molar-refractivity contribution is 9.10. The number of methoxy groups -OCH3 is 1. The van der Waals surface area contributed by atoms with Crippen LogP contribution in [0.1, 0.15) is 17.2 Å². The van der Waals surface area contributed by atoms with Gasteiger partial charge in [0, 0.05) is 15.2 Å². The molecule has 3 nitrogen and oxygen atoms in total. The van der Waals surface area contributed by atoms with Crippen LogP contribution < -0.4 is 4.74 Å². The van der Waals surface area contributed by atoms with Crippen molar-refractivity contribution in [3.8, 4) is 11.8 Å². The van der Waals surface area contributed by atoms with Crippen molar-refractivity contribution in [3.05, 3.63) is 70.5 Å². The molecule has 1 aromatic heterocycles. The van der Waals surface area contributed by atoms with E-state index in [4.69, 9.17) is 4.74 Å². The molecule has 0 aliphatic carbocycles. The molecule has 3 rings (SSSR count). The van der Waals surface area contributed by atoms with Gasteiger partial charge in [-0.2, -0.15) is 5.26 Å². The van der Waals surface area contributed by atoms with Crippen LogP contribution in [0.25, 0.3) is 10.8 Å². The summed E-state index contributed by atoms with van der Waals surface area (Å²) in [6, 6.07) is 18.0. The van der Waals surface area contributed by atoms with Crippen molar-refractivity contribution in [2.45, 2.75) is 5.92 Å². The number of ether oxygens (including phenoxy) is 1. The minimum absolute atomic E-state index is 0.439. The monoisotopic (exact) mass is 352 g/mol. The van der Waals surface area contributed by atoms with Crippen molar-refractivity contribution >= 4 is 26.7 Å². The van der Waals surface area contributed by atoms with Crippen molar-refractivity contribution in [2.24, 2.45) is 0 Å². The van der Waals surface area contributed by atoms with Crippen LogP contribution in [0, 0.1) is 11.3 Å².